The number of guanidine groups is 1. The molecule has 5 nitrogen and oxygen atoms in total. The molecule has 0 bridgehead atoms. The summed E-state index contributed by atoms with van der Waals surface area (Å²) in [5.41, 5.74) is 6.12. The Labute approximate surface area is 126 Å². The molecule has 0 saturated carbocycles. The maximum Gasteiger partial charge on any atom is 0.250 e. The summed E-state index contributed by atoms with van der Waals surface area (Å²) in [6.07, 6.45) is 8.76. The van der Waals surface area contributed by atoms with E-state index in [4.69, 9.17) is 5.73 Å². The van der Waals surface area contributed by atoms with Gasteiger partial charge in [0.1, 0.15) is 0 Å². The van der Waals surface area contributed by atoms with Crippen LogP contribution in [0.4, 0.5) is 0 Å². The number of rotatable bonds is 5. The molecule has 0 aromatic carbocycles. The standard InChI is InChI=1S/C16H26N4O/c17-16(20-13-5-1-2-6-14-20)18-10-4-8-12-19-11-7-3-9-15(19)21/h3,7,9,11H,1-2,4-6,8,10,12-14H2,(H2,17,18). The number of nitrogens with two attached hydrogens (primary N) is 1. The lowest BCUT2D eigenvalue weighted by Gasteiger charge is -2.21. The van der Waals surface area contributed by atoms with Crippen LogP contribution in [0.5, 0.6) is 0 Å². The van der Waals surface area contributed by atoms with Gasteiger partial charge >= 0.3 is 0 Å². The van der Waals surface area contributed by atoms with Crippen molar-refractivity contribution >= 4 is 5.96 Å². The van der Waals surface area contributed by atoms with Crippen molar-refractivity contribution < 1.29 is 0 Å². The second-order valence-electron chi connectivity index (χ2n) is 5.58. The molecule has 1 aromatic heterocycles. The van der Waals surface area contributed by atoms with Crippen LogP contribution in [0, 0.1) is 0 Å². The van der Waals surface area contributed by atoms with Crippen molar-refractivity contribution in [2.75, 3.05) is 19.6 Å². The highest BCUT2D eigenvalue weighted by Gasteiger charge is 2.10. The first-order chi connectivity index (χ1) is 10.3. The Kier molecular flexibility index (Phi) is 6.31. The summed E-state index contributed by atoms with van der Waals surface area (Å²) < 4.78 is 1.74. The van der Waals surface area contributed by atoms with Crippen molar-refractivity contribution in [2.24, 2.45) is 10.7 Å². The molecule has 21 heavy (non-hydrogen) atoms. The van der Waals surface area contributed by atoms with Gasteiger partial charge < -0.3 is 15.2 Å². The molecular formula is C16H26N4O. The zero-order valence-electron chi connectivity index (χ0n) is 12.7. The fraction of sp³-hybridized carbons (Fsp3) is 0.625. The molecule has 0 atom stereocenters. The maximum absolute atomic E-state index is 11.5. The number of likely N-dealkylation sites (tertiary alicyclic amines) is 1. The van der Waals surface area contributed by atoms with Gasteiger partial charge in [-0.2, -0.15) is 0 Å². The van der Waals surface area contributed by atoms with Crippen molar-refractivity contribution in [2.45, 2.75) is 45.1 Å². The quantitative estimate of drug-likeness (QED) is 0.511. The third kappa shape index (κ3) is 5.25. The molecule has 2 heterocycles. The molecule has 0 aliphatic carbocycles. The molecule has 116 valence electrons. The van der Waals surface area contributed by atoms with Gasteiger partial charge in [-0.15, -0.1) is 0 Å². The molecule has 1 aliphatic heterocycles. The van der Waals surface area contributed by atoms with Crippen LogP contribution in [0.3, 0.4) is 0 Å². The van der Waals surface area contributed by atoms with Crippen molar-refractivity contribution in [1.82, 2.24) is 9.47 Å². The summed E-state index contributed by atoms with van der Waals surface area (Å²) in [7, 11) is 0. The van der Waals surface area contributed by atoms with Gasteiger partial charge in [-0.05, 0) is 31.7 Å². The number of aliphatic imine (C=N–C) groups is 1. The van der Waals surface area contributed by atoms with Crippen molar-refractivity contribution in [1.29, 1.82) is 0 Å². The second-order valence-corrected chi connectivity index (χ2v) is 5.58. The summed E-state index contributed by atoms with van der Waals surface area (Å²) in [5.74, 6) is 0.689. The SMILES string of the molecule is NC(=NCCCCn1ccccc1=O)N1CCCCCC1. The maximum atomic E-state index is 11.5. The average Bonchev–Trinajstić information content (AvgIpc) is 2.77. The molecule has 0 unspecified atom stereocenters. The Bertz CT molecular complexity index is 501. The van der Waals surface area contributed by atoms with Crippen LogP contribution >= 0.6 is 0 Å². The van der Waals surface area contributed by atoms with E-state index >= 15 is 0 Å². The fourth-order valence-corrected chi connectivity index (χ4v) is 2.63. The Morgan fingerprint density at radius 3 is 2.62 bits per heavy atom. The van der Waals surface area contributed by atoms with Crippen molar-refractivity contribution in [3.8, 4) is 0 Å². The Morgan fingerprint density at radius 1 is 1.14 bits per heavy atom. The Balaban J connectivity index is 1.69. The molecule has 1 fully saturated rings. The Hall–Kier alpha value is -1.78. The van der Waals surface area contributed by atoms with Crippen LogP contribution in [-0.2, 0) is 6.54 Å². The van der Waals surface area contributed by atoms with Crippen molar-refractivity contribution in [3.05, 3.63) is 34.7 Å². The van der Waals surface area contributed by atoms with E-state index in [1.807, 2.05) is 12.3 Å². The van der Waals surface area contributed by atoms with Gasteiger partial charge in [-0.1, -0.05) is 18.9 Å². The topological polar surface area (TPSA) is 63.6 Å². The van der Waals surface area contributed by atoms with Crippen LogP contribution in [0.1, 0.15) is 38.5 Å². The van der Waals surface area contributed by atoms with E-state index in [0.717, 1.165) is 39.0 Å². The minimum Gasteiger partial charge on any atom is -0.370 e. The molecule has 0 spiro atoms. The van der Waals surface area contributed by atoms with Crippen LogP contribution in [0.15, 0.2) is 34.2 Å². The van der Waals surface area contributed by atoms with Gasteiger partial charge in [-0.3, -0.25) is 9.79 Å². The third-order valence-corrected chi connectivity index (χ3v) is 3.91. The number of hydrogen-bond donors (Lipinski definition) is 1. The van der Waals surface area contributed by atoms with E-state index in [1.165, 1.54) is 25.7 Å². The molecule has 2 rings (SSSR count). The van der Waals surface area contributed by atoms with Gasteiger partial charge in [-0.25, -0.2) is 0 Å². The minimum atomic E-state index is 0.0603. The monoisotopic (exact) mass is 290 g/mol. The highest BCUT2D eigenvalue weighted by Crippen LogP contribution is 2.09. The van der Waals surface area contributed by atoms with Gasteiger partial charge in [0.15, 0.2) is 5.96 Å². The normalized spacial score (nSPS) is 16.8. The van der Waals surface area contributed by atoms with E-state index in [0.29, 0.717) is 5.96 Å². The molecule has 2 N–H and O–H groups in total. The number of hydrogen-bond acceptors (Lipinski definition) is 2. The molecule has 1 saturated heterocycles. The van der Waals surface area contributed by atoms with Gasteiger partial charge in [0.2, 0.25) is 5.56 Å². The van der Waals surface area contributed by atoms with Crippen LogP contribution in [-0.4, -0.2) is 35.1 Å². The smallest absolute Gasteiger partial charge is 0.250 e. The van der Waals surface area contributed by atoms with Gasteiger partial charge in [0, 0.05) is 38.4 Å². The zero-order valence-corrected chi connectivity index (χ0v) is 12.7. The molecule has 0 radical (unpaired) electrons. The van der Waals surface area contributed by atoms with Gasteiger partial charge in [0.05, 0.1) is 0 Å². The molecule has 5 heteroatoms. The van der Waals surface area contributed by atoms with Crippen LogP contribution in [0.2, 0.25) is 0 Å². The number of aromatic nitrogens is 1. The Morgan fingerprint density at radius 2 is 1.90 bits per heavy atom. The lowest BCUT2D eigenvalue weighted by molar-refractivity contribution is 0.428. The number of pyridine rings is 1. The predicted octanol–water partition coefficient (Wildman–Crippen LogP) is 1.82. The predicted molar refractivity (Wildman–Crippen MR) is 86.5 cm³/mol. The third-order valence-electron chi connectivity index (χ3n) is 3.91. The highest BCUT2D eigenvalue weighted by molar-refractivity contribution is 5.78. The molecule has 1 aromatic rings. The highest BCUT2D eigenvalue weighted by atomic mass is 16.1. The van der Waals surface area contributed by atoms with E-state index in [2.05, 4.69) is 9.89 Å². The molecule has 0 amide bonds. The van der Waals surface area contributed by atoms with E-state index in [1.54, 1.807) is 16.7 Å². The number of unbranched alkanes of at least 4 members (excludes halogenated alkanes) is 1. The van der Waals surface area contributed by atoms with E-state index in [-0.39, 0.29) is 5.56 Å². The first-order valence-corrected chi connectivity index (χ1v) is 7.98. The molecular weight excluding hydrogens is 264 g/mol. The number of aryl methyl sites for hydroxylation is 1. The average molecular weight is 290 g/mol. The lowest BCUT2D eigenvalue weighted by atomic mass is 10.2. The van der Waals surface area contributed by atoms with E-state index < -0.39 is 0 Å². The van der Waals surface area contributed by atoms with E-state index in [9.17, 15) is 4.79 Å². The fourth-order valence-electron chi connectivity index (χ4n) is 2.63. The summed E-state index contributed by atoms with van der Waals surface area (Å²) in [4.78, 5) is 18.2. The lowest BCUT2D eigenvalue weighted by Crippen LogP contribution is -2.38. The largest absolute Gasteiger partial charge is 0.370 e. The summed E-state index contributed by atoms with van der Waals surface area (Å²) in [6.45, 7) is 3.56. The zero-order chi connectivity index (χ0) is 14.9. The minimum absolute atomic E-state index is 0.0603. The van der Waals surface area contributed by atoms with Crippen LogP contribution in [0.25, 0.3) is 0 Å². The summed E-state index contributed by atoms with van der Waals surface area (Å²) in [5, 5.41) is 0. The second kappa shape index (κ2) is 8.49. The first kappa shape index (κ1) is 15.6. The number of nitrogens with zero attached hydrogens (tertiary/aromatic N) is 3. The van der Waals surface area contributed by atoms with Crippen molar-refractivity contribution in [3.63, 3.8) is 0 Å². The molecule has 1 aliphatic rings. The first-order valence-electron chi connectivity index (χ1n) is 7.98. The summed E-state index contributed by atoms with van der Waals surface area (Å²) in [6, 6.07) is 5.25. The summed E-state index contributed by atoms with van der Waals surface area (Å²) >= 11 is 0. The van der Waals surface area contributed by atoms with Crippen LogP contribution < -0.4 is 11.3 Å². The van der Waals surface area contributed by atoms with Gasteiger partial charge in [0.25, 0.3) is 0 Å².